The highest BCUT2D eigenvalue weighted by atomic mass is 32.2. The van der Waals surface area contributed by atoms with Crippen molar-refractivity contribution in [2.45, 2.75) is 25.4 Å². The monoisotopic (exact) mass is 494 g/mol. The van der Waals surface area contributed by atoms with E-state index in [0.717, 1.165) is 54.5 Å². The van der Waals surface area contributed by atoms with Crippen LogP contribution >= 0.6 is 11.8 Å². The van der Waals surface area contributed by atoms with Gasteiger partial charge < -0.3 is 24.8 Å². The Morgan fingerprint density at radius 2 is 1.74 bits per heavy atom. The molecule has 0 radical (unpaired) electrons. The molecule has 2 aromatic carbocycles. The summed E-state index contributed by atoms with van der Waals surface area (Å²) in [6, 6.07) is 13.7. The van der Waals surface area contributed by atoms with E-state index in [2.05, 4.69) is 25.7 Å². The van der Waals surface area contributed by atoms with Gasteiger partial charge in [-0.25, -0.2) is 0 Å². The van der Waals surface area contributed by atoms with E-state index >= 15 is 0 Å². The average molecular weight is 495 g/mol. The number of carbonyl (C=O) groups is 2. The molecule has 35 heavy (non-hydrogen) atoms. The van der Waals surface area contributed by atoms with E-state index < -0.39 is 0 Å². The number of benzene rings is 2. The van der Waals surface area contributed by atoms with Gasteiger partial charge in [-0.15, -0.1) is 10.2 Å². The molecule has 1 aliphatic rings. The van der Waals surface area contributed by atoms with Crippen LogP contribution in [0.25, 0.3) is 0 Å². The van der Waals surface area contributed by atoms with E-state index in [1.165, 1.54) is 11.8 Å². The molecule has 3 aromatic rings. The summed E-state index contributed by atoms with van der Waals surface area (Å²) >= 11 is 1.28. The van der Waals surface area contributed by atoms with Gasteiger partial charge >= 0.3 is 0 Å². The standard InChI is InChI=1S/C25H30N6O3S/c1-17-4-9-21(18(2)14-17)27-23(32)15-22-28-29-25(30(22)3)35-16-24(33)26-19-5-7-20(8-6-19)31-10-12-34-13-11-31/h4-9,14H,10-13,15-16H2,1-3H3,(H,26,33)(H,27,32). The molecule has 2 heterocycles. The molecule has 0 unspecified atom stereocenters. The Bertz CT molecular complexity index is 1190. The molecule has 1 aromatic heterocycles. The van der Waals surface area contributed by atoms with Gasteiger partial charge in [0.15, 0.2) is 5.16 Å². The Hall–Kier alpha value is -3.37. The average Bonchev–Trinajstić information content (AvgIpc) is 3.19. The molecule has 0 atom stereocenters. The smallest absolute Gasteiger partial charge is 0.234 e. The summed E-state index contributed by atoms with van der Waals surface area (Å²) in [5, 5.41) is 14.7. The van der Waals surface area contributed by atoms with Crippen molar-refractivity contribution < 1.29 is 14.3 Å². The first-order valence-corrected chi connectivity index (χ1v) is 12.5. The SMILES string of the molecule is Cc1ccc(NC(=O)Cc2nnc(SCC(=O)Nc3ccc(N4CCOCC4)cc3)n2C)c(C)c1. The van der Waals surface area contributed by atoms with Gasteiger partial charge in [-0.1, -0.05) is 29.5 Å². The lowest BCUT2D eigenvalue weighted by molar-refractivity contribution is -0.116. The molecule has 0 aliphatic carbocycles. The molecule has 0 saturated carbocycles. The summed E-state index contributed by atoms with van der Waals surface area (Å²) in [6.07, 6.45) is 0.0963. The third-order valence-corrected chi connectivity index (χ3v) is 6.78. The maximum atomic E-state index is 12.5. The zero-order chi connectivity index (χ0) is 24.8. The molecular formula is C25H30N6O3S. The van der Waals surface area contributed by atoms with Crippen molar-refractivity contribution >= 4 is 40.6 Å². The Morgan fingerprint density at radius 1 is 1.00 bits per heavy atom. The summed E-state index contributed by atoms with van der Waals surface area (Å²) in [4.78, 5) is 27.2. The second-order valence-corrected chi connectivity index (χ2v) is 9.43. The minimum Gasteiger partial charge on any atom is -0.378 e. The highest BCUT2D eigenvalue weighted by Crippen LogP contribution is 2.21. The Balaban J connectivity index is 1.26. The molecule has 0 spiro atoms. The van der Waals surface area contributed by atoms with Crippen LogP contribution in [0.1, 0.15) is 17.0 Å². The molecule has 4 rings (SSSR count). The van der Waals surface area contributed by atoms with Crippen molar-refractivity contribution in [2.24, 2.45) is 7.05 Å². The van der Waals surface area contributed by atoms with Crippen LogP contribution in [0.2, 0.25) is 0 Å². The predicted octanol–water partition coefficient (Wildman–Crippen LogP) is 3.18. The van der Waals surface area contributed by atoms with Gasteiger partial charge in [0.05, 0.1) is 25.4 Å². The Labute approximate surface area is 209 Å². The number of aromatic nitrogens is 3. The summed E-state index contributed by atoms with van der Waals surface area (Å²) in [7, 11) is 1.80. The quantitative estimate of drug-likeness (QED) is 0.464. The topological polar surface area (TPSA) is 101 Å². The lowest BCUT2D eigenvalue weighted by Gasteiger charge is -2.28. The molecule has 1 aliphatic heterocycles. The van der Waals surface area contributed by atoms with E-state index in [9.17, 15) is 9.59 Å². The fraction of sp³-hybridized carbons (Fsp3) is 0.360. The molecule has 1 fully saturated rings. The highest BCUT2D eigenvalue weighted by molar-refractivity contribution is 7.99. The van der Waals surface area contributed by atoms with E-state index in [1.54, 1.807) is 11.6 Å². The van der Waals surface area contributed by atoms with Gasteiger partial charge in [-0.2, -0.15) is 0 Å². The van der Waals surface area contributed by atoms with Gasteiger partial charge in [-0.3, -0.25) is 9.59 Å². The number of anilines is 3. The number of morpholine rings is 1. The lowest BCUT2D eigenvalue weighted by atomic mass is 10.1. The summed E-state index contributed by atoms with van der Waals surface area (Å²) in [6.45, 7) is 7.18. The normalized spacial score (nSPS) is 13.5. The first-order chi connectivity index (χ1) is 16.9. The fourth-order valence-corrected chi connectivity index (χ4v) is 4.55. The number of hydrogen-bond donors (Lipinski definition) is 2. The fourth-order valence-electron chi connectivity index (χ4n) is 3.82. The number of nitrogens with zero attached hydrogens (tertiary/aromatic N) is 4. The maximum absolute atomic E-state index is 12.5. The van der Waals surface area contributed by atoms with Crippen molar-refractivity contribution in [3.8, 4) is 0 Å². The van der Waals surface area contributed by atoms with Crippen molar-refractivity contribution in [1.29, 1.82) is 0 Å². The number of thioether (sulfide) groups is 1. The lowest BCUT2D eigenvalue weighted by Crippen LogP contribution is -2.36. The predicted molar refractivity (Wildman–Crippen MR) is 138 cm³/mol. The van der Waals surface area contributed by atoms with Gasteiger partial charge in [-0.05, 0) is 49.7 Å². The van der Waals surface area contributed by atoms with Gasteiger partial charge in [0.1, 0.15) is 5.82 Å². The van der Waals surface area contributed by atoms with Crippen molar-refractivity contribution in [3.05, 3.63) is 59.4 Å². The van der Waals surface area contributed by atoms with Crippen LogP contribution in [0.5, 0.6) is 0 Å². The van der Waals surface area contributed by atoms with Gasteiger partial charge in [0, 0.05) is 37.2 Å². The summed E-state index contributed by atoms with van der Waals surface area (Å²) < 4.78 is 7.14. The van der Waals surface area contributed by atoms with Crippen molar-refractivity contribution in [2.75, 3.05) is 47.6 Å². The van der Waals surface area contributed by atoms with Crippen LogP contribution < -0.4 is 15.5 Å². The van der Waals surface area contributed by atoms with Crippen LogP contribution in [0.3, 0.4) is 0 Å². The molecule has 0 bridgehead atoms. The summed E-state index contributed by atoms with van der Waals surface area (Å²) in [5.41, 5.74) is 4.80. The Morgan fingerprint density at radius 3 is 2.46 bits per heavy atom. The van der Waals surface area contributed by atoms with Gasteiger partial charge in [0.2, 0.25) is 11.8 Å². The first kappa shape index (κ1) is 24.7. The number of aryl methyl sites for hydroxylation is 2. The zero-order valence-corrected chi connectivity index (χ0v) is 21.0. The molecule has 9 nitrogen and oxygen atoms in total. The number of hydrogen-bond acceptors (Lipinski definition) is 7. The van der Waals surface area contributed by atoms with Crippen LogP contribution in [0.4, 0.5) is 17.1 Å². The molecule has 2 N–H and O–H groups in total. The van der Waals surface area contributed by atoms with Crippen molar-refractivity contribution in [3.63, 3.8) is 0 Å². The third kappa shape index (κ3) is 6.61. The minimum atomic E-state index is -0.165. The van der Waals surface area contributed by atoms with Crippen LogP contribution in [0, 0.1) is 13.8 Å². The number of ether oxygens (including phenoxy) is 1. The van der Waals surface area contributed by atoms with Crippen LogP contribution in [-0.4, -0.2) is 58.6 Å². The van der Waals surface area contributed by atoms with Gasteiger partial charge in [0.25, 0.3) is 0 Å². The van der Waals surface area contributed by atoms with E-state index in [0.29, 0.717) is 11.0 Å². The number of rotatable bonds is 8. The number of amides is 2. The van der Waals surface area contributed by atoms with Crippen molar-refractivity contribution in [1.82, 2.24) is 14.8 Å². The summed E-state index contributed by atoms with van der Waals surface area (Å²) in [5.74, 6) is 0.425. The molecular weight excluding hydrogens is 464 g/mol. The highest BCUT2D eigenvalue weighted by Gasteiger charge is 2.16. The molecule has 2 amide bonds. The number of carbonyl (C=O) groups excluding carboxylic acids is 2. The van der Waals surface area contributed by atoms with Crippen LogP contribution in [-0.2, 0) is 27.8 Å². The molecule has 184 valence electrons. The minimum absolute atomic E-state index is 0.0963. The second kappa shape index (κ2) is 11.4. The third-order valence-electron chi connectivity index (χ3n) is 5.76. The first-order valence-electron chi connectivity index (χ1n) is 11.5. The van der Waals surface area contributed by atoms with E-state index in [4.69, 9.17) is 4.74 Å². The van der Waals surface area contributed by atoms with Crippen LogP contribution in [0.15, 0.2) is 47.6 Å². The molecule has 10 heteroatoms. The Kier molecular flexibility index (Phi) is 8.04. The largest absolute Gasteiger partial charge is 0.378 e. The molecule has 1 saturated heterocycles. The second-order valence-electron chi connectivity index (χ2n) is 8.48. The zero-order valence-electron chi connectivity index (χ0n) is 20.2. The number of nitrogens with one attached hydrogen (secondary N) is 2. The maximum Gasteiger partial charge on any atom is 0.234 e. The van der Waals surface area contributed by atoms with E-state index in [-0.39, 0.29) is 24.0 Å². The van der Waals surface area contributed by atoms with E-state index in [1.807, 2.05) is 56.3 Å².